The summed E-state index contributed by atoms with van der Waals surface area (Å²) in [7, 11) is -1.76. The number of halogens is 3. The number of likely N-dealkylation sites (N-methyl/N-ethyl adjacent to an activating group) is 1. The zero-order valence-electron chi connectivity index (χ0n) is 10.7. The van der Waals surface area contributed by atoms with E-state index in [4.69, 9.17) is 0 Å². The van der Waals surface area contributed by atoms with Gasteiger partial charge < -0.3 is 4.90 Å². The van der Waals surface area contributed by atoms with Gasteiger partial charge >= 0.3 is 6.18 Å². The van der Waals surface area contributed by atoms with Gasteiger partial charge in [0.25, 0.3) is 0 Å². The number of hydrogen-bond acceptors (Lipinski definition) is 3. The van der Waals surface area contributed by atoms with E-state index in [9.17, 15) is 21.6 Å². The highest BCUT2D eigenvalue weighted by Crippen LogP contribution is 2.35. The van der Waals surface area contributed by atoms with Crippen molar-refractivity contribution in [2.45, 2.75) is 37.9 Å². The first-order valence-corrected chi connectivity index (χ1v) is 7.80. The molecule has 0 aromatic carbocycles. The Morgan fingerprint density at radius 1 is 1.42 bits per heavy atom. The maximum atomic E-state index is 12.1. The first-order chi connectivity index (χ1) is 8.69. The number of rotatable bonds is 4. The van der Waals surface area contributed by atoms with Gasteiger partial charge in [0.05, 0.1) is 11.8 Å². The van der Waals surface area contributed by atoms with Gasteiger partial charge in [0.2, 0.25) is 10.0 Å². The standard InChI is InChI=1S/C11H17F3N2O2S/c1-15-7-9-3-4-10(8-15)16(9)19(17,18)6-2-5-11(12,13)14/h7,10H,2-6,8H2,1H3. The van der Waals surface area contributed by atoms with Gasteiger partial charge in [0.15, 0.2) is 0 Å². The molecule has 0 radical (unpaired) electrons. The molecule has 1 fully saturated rings. The second kappa shape index (κ2) is 4.88. The number of sulfonamides is 1. The van der Waals surface area contributed by atoms with Gasteiger partial charge in [-0.3, -0.25) is 4.31 Å². The van der Waals surface area contributed by atoms with Crippen LogP contribution in [0.5, 0.6) is 0 Å². The highest BCUT2D eigenvalue weighted by atomic mass is 32.2. The maximum Gasteiger partial charge on any atom is 0.389 e. The molecule has 1 saturated heterocycles. The van der Waals surface area contributed by atoms with E-state index >= 15 is 0 Å². The fraction of sp³-hybridized carbons (Fsp3) is 0.818. The van der Waals surface area contributed by atoms with E-state index in [2.05, 4.69) is 0 Å². The zero-order chi connectivity index (χ0) is 14.3. The Morgan fingerprint density at radius 2 is 2.11 bits per heavy atom. The van der Waals surface area contributed by atoms with Crippen molar-refractivity contribution in [1.82, 2.24) is 9.21 Å². The minimum atomic E-state index is -4.30. The first-order valence-electron chi connectivity index (χ1n) is 6.19. The highest BCUT2D eigenvalue weighted by Gasteiger charge is 2.40. The summed E-state index contributed by atoms with van der Waals surface area (Å²) >= 11 is 0. The Balaban J connectivity index is 2.03. The van der Waals surface area contributed by atoms with Crippen LogP contribution < -0.4 is 0 Å². The lowest BCUT2D eigenvalue weighted by Gasteiger charge is -2.34. The molecule has 8 heteroatoms. The van der Waals surface area contributed by atoms with Gasteiger partial charge in [-0.05, 0) is 19.3 Å². The molecule has 2 rings (SSSR count). The molecule has 2 aliphatic heterocycles. The topological polar surface area (TPSA) is 40.6 Å². The quantitative estimate of drug-likeness (QED) is 0.796. The third-order valence-electron chi connectivity index (χ3n) is 3.38. The van der Waals surface area contributed by atoms with Gasteiger partial charge in [-0.25, -0.2) is 8.42 Å². The summed E-state index contributed by atoms with van der Waals surface area (Å²) in [6, 6.07) is -0.124. The largest absolute Gasteiger partial charge is 0.389 e. The molecule has 0 spiro atoms. The SMILES string of the molecule is CN1C=C2CCC(C1)N2S(=O)(=O)CCCC(F)(F)F. The lowest BCUT2D eigenvalue weighted by atomic mass is 10.2. The smallest absolute Gasteiger partial charge is 0.377 e. The van der Waals surface area contributed by atoms with E-state index < -0.39 is 28.4 Å². The van der Waals surface area contributed by atoms with Crippen LogP contribution in [-0.2, 0) is 10.0 Å². The van der Waals surface area contributed by atoms with Crippen molar-refractivity contribution in [2.24, 2.45) is 0 Å². The summed E-state index contributed by atoms with van der Waals surface area (Å²) in [5.74, 6) is -0.440. The Bertz CT molecular complexity index is 473. The predicted octanol–water partition coefficient (Wildman–Crippen LogP) is 1.91. The molecule has 1 unspecified atom stereocenters. The lowest BCUT2D eigenvalue weighted by Crippen LogP contribution is -2.44. The van der Waals surface area contributed by atoms with Gasteiger partial charge in [-0.2, -0.15) is 13.2 Å². The Hall–Kier alpha value is -0.920. The van der Waals surface area contributed by atoms with E-state index in [1.165, 1.54) is 4.31 Å². The fourth-order valence-electron chi connectivity index (χ4n) is 2.66. The molecule has 2 heterocycles. The molecule has 0 aliphatic carbocycles. The zero-order valence-corrected chi connectivity index (χ0v) is 11.5. The number of hydrogen-bond donors (Lipinski definition) is 0. The Labute approximate surface area is 110 Å². The van der Waals surface area contributed by atoms with Gasteiger partial charge in [0.1, 0.15) is 0 Å². The number of fused-ring (bicyclic) bond motifs is 2. The summed E-state index contributed by atoms with van der Waals surface area (Å²) in [6.45, 7) is 0.599. The second-order valence-electron chi connectivity index (χ2n) is 5.08. The number of nitrogens with zero attached hydrogens (tertiary/aromatic N) is 2. The van der Waals surface area contributed by atoms with E-state index in [1.54, 1.807) is 6.20 Å². The summed E-state index contributed by atoms with van der Waals surface area (Å²) in [5.41, 5.74) is 0.700. The second-order valence-corrected chi connectivity index (χ2v) is 7.05. The van der Waals surface area contributed by atoms with Crippen LogP contribution in [0.1, 0.15) is 25.7 Å². The van der Waals surface area contributed by atoms with Crippen molar-refractivity contribution in [3.8, 4) is 0 Å². The van der Waals surface area contributed by atoms with Crippen molar-refractivity contribution < 1.29 is 21.6 Å². The van der Waals surface area contributed by atoms with Crippen LogP contribution in [-0.4, -0.2) is 49.2 Å². The fourth-order valence-corrected chi connectivity index (χ4v) is 4.49. The molecule has 2 bridgehead atoms. The van der Waals surface area contributed by atoms with E-state index in [0.717, 1.165) is 6.42 Å². The summed E-state index contributed by atoms with van der Waals surface area (Å²) in [5, 5.41) is 0. The van der Waals surface area contributed by atoms with Crippen molar-refractivity contribution in [3.63, 3.8) is 0 Å². The number of allylic oxidation sites excluding steroid dienone is 1. The van der Waals surface area contributed by atoms with E-state index in [0.29, 0.717) is 18.7 Å². The van der Waals surface area contributed by atoms with Crippen LogP contribution in [0.3, 0.4) is 0 Å². The minimum absolute atomic E-state index is 0.124. The molecular formula is C11H17F3N2O2S. The third-order valence-corrected chi connectivity index (χ3v) is 5.32. The first kappa shape index (κ1) is 14.5. The predicted molar refractivity (Wildman–Crippen MR) is 64.6 cm³/mol. The van der Waals surface area contributed by atoms with Crippen LogP contribution in [0.2, 0.25) is 0 Å². The van der Waals surface area contributed by atoms with E-state index in [1.807, 2.05) is 11.9 Å². The number of alkyl halides is 3. The maximum absolute atomic E-state index is 12.1. The molecule has 19 heavy (non-hydrogen) atoms. The average Bonchev–Trinajstić information content (AvgIpc) is 2.50. The normalized spacial score (nSPS) is 23.8. The molecular weight excluding hydrogens is 281 g/mol. The van der Waals surface area contributed by atoms with Crippen LogP contribution in [0, 0.1) is 0 Å². The lowest BCUT2D eigenvalue weighted by molar-refractivity contribution is -0.134. The third kappa shape index (κ3) is 3.34. The van der Waals surface area contributed by atoms with Gasteiger partial charge in [-0.15, -0.1) is 0 Å². The average molecular weight is 298 g/mol. The molecule has 0 aromatic rings. The highest BCUT2D eigenvalue weighted by molar-refractivity contribution is 7.89. The minimum Gasteiger partial charge on any atom is -0.377 e. The Kier molecular flexibility index (Phi) is 3.72. The van der Waals surface area contributed by atoms with Crippen molar-refractivity contribution in [1.29, 1.82) is 0 Å². The molecule has 0 N–H and O–H groups in total. The van der Waals surface area contributed by atoms with E-state index in [-0.39, 0.29) is 12.5 Å². The molecule has 1 atom stereocenters. The van der Waals surface area contributed by atoms with Crippen LogP contribution >= 0.6 is 0 Å². The van der Waals surface area contributed by atoms with Gasteiger partial charge in [0, 0.05) is 31.9 Å². The molecule has 0 saturated carbocycles. The summed E-state index contributed by atoms with van der Waals surface area (Å²) in [4.78, 5) is 1.93. The van der Waals surface area contributed by atoms with Crippen molar-refractivity contribution >= 4 is 10.0 Å². The van der Waals surface area contributed by atoms with Gasteiger partial charge in [-0.1, -0.05) is 0 Å². The molecule has 110 valence electrons. The van der Waals surface area contributed by atoms with Crippen molar-refractivity contribution in [2.75, 3.05) is 19.3 Å². The summed E-state index contributed by atoms with van der Waals surface area (Å²) in [6.07, 6.45) is -2.54. The molecule has 2 aliphatic rings. The molecule has 0 amide bonds. The van der Waals surface area contributed by atoms with Crippen molar-refractivity contribution in [3.05, 3.63) is 11.9 Å². The monoisotopic (exact) mass is 298 g/mol. The Morgan fingerprint density at radius 3 is 2.68 bits per heavy atom. The van der Waals surface area contributed by atoms with Crippen LogP contribution in [0.15, 0.2) is 11.9 Å². The molecule has 0 aromatic heterocycles. The van der Waals surface area contributed by atoms with Crippen LogP contribution in [0.25, 0.3) is 0 Å². The summed E-state index contributed by atoms with van der Waals surface area (Å²) < 4.78 is 61.8. The molecule has 4 nitrogen and oxygen atoms in total. The van der Waals surface area contributed by atoms with Crippen LogP contribution in [0.4, 0.5) is 13.2 Å².